The summed E-state index contributed by atoms with van der Waals surface area (Å²) in [6.07, 6.45) is 26.0. The number of aliphatic hydroxyl groups is 1. The molecule has 0 rings (SSSR count). The molecule has 0 amide bonds. The van der Waals surface area contributed by atoms with E-state index < -0.39 is 33.1 Å². The Balaban J connectivity index is 3.56. The van der Waals surface area contributed by atoms with Crippen molar-refractivity contribution in [2.24, 2.45) is 5.73 Å². The van der Waals surface area contributed by atoms with Crippen LogP contribution in [0.2, 0.25) is 0 Å². The topological polar surface area (TPSA) is 128 Å². The summed E-state index contributed by atoms with van der Waals surface area (Å²) in [4.78, 5) is 21.3. The number of rotatable bonds is 26. The molecule has 0 aromatic rings. The highest BCUT2D eigenvalue weighted by Crippen LogP contribution is 2.42. The Hall–Kier alpha value is -1.02. The number of allylic oxidation sites excluding steroid dienone is 4. The molecule has 0 aliphatic rings. The Morgan fingerprint density at radius 2 is 1.42 bits per heavy atom. The Kier molecular flexibility index (Phi) is 24.9. The molecule has 0 fully saturated rings. The van der Waals surface area contributed by atoms with E-state index in [9.17, 15) is 19.4 Å². The number of carbonyl (C=O) groups is 1. The van der Waals surface area contributed by atoms with Gasteiger partial charge in [0, 0.05) is 13.0 Å². The fraction of sp³-hybridized carbons (Fsp3) is 0.815. The van der Waals surface area contributed by atoms with Crippen molar-refractivity contribution < 1.29 is 33.1 Å². The van der Waals surface area contributed by atoms with Crippen LogP contribution in [0.1, 0.15) is 110 Å². The molecule has 4 N–H and O–H groups in total. The number of phosphoric acid groups is 1. The van der Waals surface area contributed by atoms with Gasteiger partial charge in [0.15, 0.2) is 0 Å². The number of unbranched alkanes of at least 4 members (excludes halogenated alkanes) is 12. The van der Waals surface area contributed by atoms with Gasteiger partial charge in [0.05, 0.1) is 19.8 Å². The number of aliphatic hydroxyl groups excluding tert-OH is 1. The third-order valence-electron chi connectivity index (χ3n) is 5.63. The van der Waals surface area contributed by atoms with Gasteiger partial charge in [-0.3, -0.25) is 13.8 Å². The molecule has 0 bridgehead atoms. The smallest absolute Gasteiger partial charge is 0.457 e. The van der Waals surface area contributed by atoms with Crippen molar-refractivity contribution in [2.45, 2.75) is 116 Å². The molecule has 2 atom stereocenters. The zero-order chi connectivity index (χ0) is 26.7. The second kappa shape index (κ2) is 25.6. The molecule has 8 nitrogen and oxygen atoms in total. The van der Waals surface area contributed by atoms with Crippen LogP contribution in [0.25, 0.3) is 0 Å². The zero-order valence-electron chi connectivity index (χ0n) is 22.5. The number of phosphoric ester groups is 1. The highest BCUT2D eigenvalue weighted by Gasteiger charge is 2.24. The van der Waals surface area contributed by atoms with Gasteiger partial charge in [-0.2, -0.15) is 0 Å². The van der Waals surface area contributed by atoms with Gasteiger partial charge in [0.1, 0.15) is 6.10 Å². The van der Waals surface area contributed by atoms with E-state index in [1.165, 1.54) is 70.6 Å². The predicted molar refractivity (Wildman–Crippen MR) is 146 cm³/mol. The van der Waals surface area contributed by atoms with Crippen molar-refractivity contribution in [3.05, 3.63) is 24.3 Å². The van der Waals surface area contributed by atoms with E-state index in [0.717, 1.165) is 25.7 Å². The monoisotopic (exact) mass is 533 g/mol. The summed E-state index contributed by atoms with van der Waals surface area (Å²) in [5.41, 5.74) is 5.20. The Labute approximate surface area is 219 Å². The number of hydrogen-bond acceptors (Lipinski definition) is 7. The first kappa shape index (κ1) is 35.0. The van der Waals surface area contributed by atoms with Crippen LogP contribution in [0.4, 0.5) is 0 Å². The highest BCUT2D eigenvalue weighted by atomic mass is 31.2. The minimum absolute atomic E-state index is 0.0713. The molecule has 0 saturated carbocycles. The van der Waals surface area contributed by atoms with Crippen LogP contribution >= 0.6 is 7.82 Å². The van der Waals surface area contributed by atoms with Crippen LogP contribution in [0.15, 0.2) is 24.3 Å². The molecule has 9 heteroatoms. The van der Waals surface area contributed by atoms with Crippen molar-refractivity contribution in [1.82, 2.24) is 0 Å². The lowest BCUT2D eigenvalue weighted by Crippen LogP contribution is -2.27. The second-order valence-corrected chi connectivity index (χ2v) is 10.5. The van der Waals surface area contributed by atoms with Gasteiger partial charge in [-0.05, 0) is 38.5 Å². The van der Waals surface area contributed by atoms with E-state index >= 15 is 0 Å². The van der Waals surface area contributed by atoms with Crippen molar-refractivity contribution in [1.29, 1.82) is 0 Å². The minimum atomic E-state index is -4.26. The first-order valence-electron chi connectivity index (χ1n) is 13.9. The minimum Gasteiger partial charge on any atom is -0.457 e. The standard InChI is InChI=1S/C27H52NO7P/c1-2-3-4-5-6-7-8-9-10-11-12-13-14-15-16-17-18-19-20-21-27(30)35-26(24-29)25-34-36(31,32)33-23-22-28/h6-7,9-10,26,29H,2-5,8,11-25,28H2,1H3,(H,31,32). The van der Waals surface area contributed by atoms with Gasteiger partial charge < -0.3 is 20.5 Å². The summed E-state index contributed by atoms with van der Waals surface area (Å²) < 4.78 is 26.0. The maximum Gasteiger partial charge on any atom is 0.472 e. The van der Waals surface area contributed by atoms with Crippen LogP contribution in [-0.2, 0) is 23.1 Å². The Morgan fingerprint density at radius 1 is 0.861 bits per heavy atom. The third kappa shape index (κ3) is 24.7. The molecule has 36 heavy (non-hydrogen) atoms. The van der Waals surface area contributed by atoms with Gasteiger partial charge in [0.25, 0.3) is 0 Å². The molecule has 0 aromatic heterocycles. The van der Waals surface area contributed by atoms with Crippen molar-refractivity contribution in [2.75, 3.05) is 26.4 Å². The number of esters is 1. The first-order valence-corrected chi connectivity index (χ1v) is 15.4. The van der Waals surface area contributed by atoms with Crippen LogP contribution in [0.3, 0.4) is 0 Å². The third-order valence-corrected chi connectivity index (χ3v) is 6.61. The maximum atomic E-state index is 11.9. The molecule has 212 valence electrons. The fourth-order valence-electron chi connectivity index (χ4n) is 3.54. The van der Waals surface area contributed by atoms with Gasteiger partial charge in [-0.15, -0.1) is 0 Å². The molecular formula is C27H52NO7P. The van der Waals surface area contributed by atoms with Gasteiger partial charge >= 0.3 is 13.8 Å². The average molecular weight is 534 g/mol. The van der Waals surface area contributed by atoms with E-state index in [1.54, 1.807) is 0 Å². The molecule has 0 aliphatic carbocycles. The lowest BCUT2D eigenvalue weighted by atomic mass is 10.1. The Bertz CT molecular complexity index is 613. The number of carbonyl (C=O) groups excluding carboxylic acids is 1. The molecule has 0 heterocycles. The zero-order valence-corrected chi connectivity index (χ0v) is 23.4. The number of hydrogen-bond donors (Lipinski definition) is 3. The Morgan fingerprint density at radius 3 is 1.97 bits per heavy atom. The van der Waals surface area contributed by atoms with Gasteiger partial charge in [0.2, 0.25) is 0 Å². The van der Waals surface area contributed by atoms with Crippen LogP contribution in [0, 0.1) is 0 Å². The molecular weight excluding hydrogens is 481 g/mol. The van der Waals surface area contributed by atoms with E-state index in [1.807, 2.05) is 0 Å². The normalized spacial score (nSPS) is 14.4. The molecule has 0 aliphatic heterocycles. The largest absolute Gasteiger partial charge is 0.472 e. The number of ether oxygens (including phenoxy) is 1. The van der Waals surface area contributed by atoms with Crippen LogP contribution < -0.4 is 5.73 Å². The number of nitrogens with two attached hydrogens (primary N) is 1. The lowest BCUT2D eigenvalue weighted by molar-refractivity contribution is -0.153. The molecule has 0 radical (unpaired) electrons. The summed E-state index contributed by atoms with van der Waals surface area (Å²) >= 11 is 0. The summed E-state index contributed by atoms with van der Waals surface area (Å²) in [5, 5.41) is 9.29. The van der Waals surface area contributed by atoms with E-state index in [0.29, 0.717) is 0 Å². The van der Waals surface area contributed by atoms with Crippen LogP contribution in [0.5, 0.6) is 0 Å². The summed E-state index contributed by atoms with van der Waals surface area (Å²) in [5.74, 6) is -0.453. The first-order chi connectivity index (χ1) is 17.4. The fourth-order valence-corrected chi connectivity index (χ4v) is 4.30. The molecule has 0 saturated heterocycles. The van der Waals surface area contributed by atoms with Gasteiger partial charge in [-0.1, -0.05) is 89.0 Å². The second-order valence-electron chi connectivity index (χ2n) is 9.08. The molecule has 0 spiro atoms. The van der Waals surface area contributed by atoms with Crippen molar-refractivity contribution in [3.8, 4) is 0 Å². The van der Waals surface area contributed by atoms with E-state index in [-0.39, 0.29) is 19.6 Å². The lowest BCUT2D eigenvalue weighted by Gasteiger charge is -2.17. The molecule has 0 aromatic carbocycles. The van der Waals surface area contributed by atoms with Gasteiger partial charge in [-0.25, -0.2) is 4.57 Å². The highest BCUT2D eigenvalue weighted by molar-refractivity contribution is 7.47. The SMILES string of the molecule is CCCCCC=CCC=CCCCCCCCCCCCC(=O)OC(CO)COP(=O)(O)OCCN. The summed E-state index contributed by atoms with van der Waals surface area (Å²) in [7, 11) is -4.26. The quantitative estimate of drug-likeness (QED) is 0.0507. The van der Waals surface area contributed by atoms with E-state index in [4.69, 9.17) is 15.0 Å². The van der Waals surface area contributed by atoms with Crippen molar-refractivity contribution >= 4 is 13.8 Å². The average Bonchev–Trinajstić information content (AvgIpc) is 2.86. The maximum absolute atomic E-state index is 11.9. The molecule has 2 unspecified atom stereocenters. The van der Waals surface area contributed by atoms with Crippen molar-refractivity contribution in [3.63, 3.8) is 0 Å². The summed E-state index contributed by atoms with van der Waals surface area (Å²) in [6.45, 7) is 1.25. The predicted octanol–water partition coefficient (Wildman–Crippen LogP) is 6.36. The van der Waals surface area contributed by atoms with E-state index in [2.05, 4.69) is 35.8 Å². The summed E-state index contributed by atoms with van der Waals surface area (Å²) in [6, 6.07) is 0. The van der Waals surface area contributed by atoms with Crippen LogP contribution in [-0.4, -0.2) is 48.4 Å².